The molecule has 0 saturated carbocycles. The van der Waals surface area contributed by atoms with E-state index in [9.17, 15) is 13.6 Å². The third-order valence-electron chi connectivity index (χ3n) is 3.12. The highest BCUT2D eigenvalue weighted by atomic mass is 19.3. The molecule has 0 spiro atoms. The Bertz CT molecular complexity index is 698. The molecular weight excluding hydrogens is 334 g/mol. The van der Waals surface area contributed by atoms with Crippen molar-refractivity contribution in [1.82, 2.24) is 10.3 Å². The molecule has 25 heavy (non-hydrogen) atoms. The fraction of sp³-hybridized carbons (Fsp3) is 0.294. The number of carbonyl (C=O) groups excluding carboxylic acids is 1. The van der Waals surface area contributed by atoms with Crippen LogP contribution in [0.25, 0.3) is 0 Å². The lowest BCUT2D eigenvalue weighted by Crippen LogP contribution is -2.24. The first kappa shape index (κ1) is 18.6. The molecule has 2 rings (SSSR count). The van der Waals surface area contributed by atoms with Crippen molar-refractivity contribution >= 4 is 5.91 Å². The average Bonchev–Trinajstić information content (AvgIpc) is 2.60. The zero-order chi connectivity index (χ0) is 18.1. The average molecular weight is 352 g/mol. The van der Waals surface area contributed by atoms with Gasteiger partial charge in [0.1, 0.15) is 17.9 Å². The number of alkyl halides is 2. The Morgan fingerprint density at radius 3 is 2.84 bits per heavy atom. The summed E-state index contributed by atoms with van der Waals surface area (Å²) in [6, 6.07) is 9.32. The number of methoxy groups -OCH3 is 1. The van der Waals surface area contributed by atoms with Crippen molar-refractivity contribution in [2.45, 2.75) is 13.2 Å². The predicted octanol–water partition coefficient (Wildman–Crippen LogP) is 2.64. The van der Waals surface area contributed by atoms with E-state index in [-0.39, 0.29) is 36.3 Å². The molecule has 8 heteroatoms. The standard InChI is InChI=1S/C17H18F2N2O4/c1-23-8-9-24-16-14(6-3-7-20-16)15(22)21-11-12-4-2-5-13(10-12)25-17(18)19/h2-7,10,17H,8-9,11H2,1H3,(H,21,22). The number of pyridine rings is 1. The molecule has 1 N–H and O–H groups in total. The smallest absolute Gasteiger partial charge is 0.387 e. The third kappa shape index (κ3) is 6.00. The van der Waals surface area contributed by atoms with Gasteiger partial charge in [-0.1, -0.05) is 12.1 Å². The Kier molecular flexibility index (Phi) is 7.09. The van der Waals surface area contributed by atoms with Crippen LogP contribution < -0.4 is 14.8 Å². The third-order valence-corrected chi connectivity index (χ3v) is 3.12. The maximum absolute atomic E-state index is 12.3. The summed E-state index contributed by atoms with van der Waals surface area (Å²) in [6.07, 6.45) is 1.52. The van der Waals surface area contributed by atoms with Crippen LogP contribution in [0.1, 0.15) is 15.9 Å². The number of carbonyl (C=O) groups is 1. The van der Waals surface area contributed by atoms with E-state index in [0.717, 1.165) is 0 Å². The van der Waals surface area contributed by atoms with Crippen LogP contribution in [-0.4, -0.2) is 37.8 Å². The first-order chi connectivity index (χ1) is 12.1. The summed E-state index contributed by atoms with van der Waals surface area (Å²) >= 11 is 0. The highest BCUT2D eigenvalue weighted by Gasteiger charge is 2.13. The summed E-state index contributed by atoms with van der Waals surface area (Å²) in [5.41, 5.74) is 0.899. The minimum atomic E-state index is -2.90. The van der Waals surface area contributed by atoms with E-state index in [1.54, 1.807) is 31.4 Å². The zero-order valence-electron chi connectivity index (χ0n) is 13.6. The highest BCUT2D eigenvalue weighted by molar-refractivity contribution is 5.96. The largest absolute Gasteiger partial charge is 0.475 e. The topological polar surface area (TPSA) is 69.7 Å². The van der Waals surface area contributed by atoms with Crippen molar-refractivity contribution in [2.24, 2.45) is 0 Å². The quantitative estimate of drug-likeness (QED) is 0.703. The fourth-order valence-electron chi connectivity index (χ4n) is 2.01. The number of aromatic nitrogens is 1. The van der Waals surface area contributed by atoms with E-state index < -0.39 is 6.61 Å². The van der Waals surface area contributed by atoms with E-state index in [4.69, 9.17) is 9.47 Å². The van der Waals surface area contributed by atoms with Crippen LogP contribution in [0.4, 0.5) is 8.78 Å². The van der Waals surface area contributed by atoms with Crippen LogP contribution in [0.15, 0.2) is 42.6 Å². The van der Waals surface area contributed by atoms with Crippen molar-refractivity contribution in [1.29, 1.82) is 0 Å². The first-order valence-electron chi connectivity index (χ1n) is 7.49. The van der Waals surface area contributed by atoms with Gasteiger partial charge in [0, 0.05) is 19.9 Å². The predicted molar refractivity (Wildman–Crippen MR) is 85.9 cm³/mol. The molecule has 134 valence electrons. The lowest BCUT2D eigenvalue weighted by atomic mass is 10.2. The lowest BCUT2D eigenvalue weighted by Gasteiger charge is -2.11. The van der Waals surface area contributed by atoms with Crippen molar-refractivity contribution in [3.8, 4) is 11.6 Å². The minimum absolute atomic E-state index is 0.0340. The van der Waals surface area contributed by atoms with Crippen LogP contribution in [-0.2, 0) is 11.3 Å². The molecule has 0 unspecified atom stereocenters. The maximum atomic E-state index is 12.3. The van der Waals surface area contributed by atoms with Gasteiger partial charge in [0.15, 0.2) is 0 Å². The molecule has 0 saturated heterocycles. The molecule has 0 atom stereocenters. The first-order valence-corrected chi connectivity index (χ1v) is 7.49. The van der Waals surface area contributed by atoms with E-state index in [2.05, 4.69) is 15.0 Å². The summed E-state index contributed by atoms with van der Waals surface area (Å²) in [5, 5.41) is 2.69. The molecule has 0 fully saturated rings. The normalized spacial score (nSPS) is 10.6. The van der Waals surface area contributed by atoms with Crippen LogP contribution in [0, 0.1) is 0 Å². The molecule has 0 aliphatic heterocycles. The SMILES string of the molecule is COCCOc1ncccc1C(=O)NCc1cccc(OC(F)F)c1. The van der Waals surface area contributed by atoms with Gasteiger partial charge in [-0.2, -0.15) is 8.78 Å². The van der Waals surface area contributed by atoms with Gasteiger partial charge in [-0.15, -0.1) is 0 Å². The molecule has 0 aliphatic rings. The van der Waals surface area contributed by atoms with Gasteiger partial charge in [0.25, 0.3) is 5.91 Å². The number of benzene rings is 1. The molecular formula is C17H18F2N2O4. The number of ether oxygens (including phenoxy) is 3. The number of nitrogens with zero attached hydrogens (tertiary/aromatic N) is 1. The second kappa shape index (κ2) is 9.53. The number of halogens is 2. The Morgan fingerprint density at radius 2 is 2.08 bits per heavy atom. The van der Waals surface area contributed by atoms with E-state index in [1.165, 1.54) is 18.3 Å². The van der Waals surface area contributed by atoms with Gasteiger partial charge >= 0.3 is 6.61 Å². The van der Waals surface area contributed by atoms with E-state index in [1.807, 2.05) is 0 Å². The number of rotatable bonds is 9. The van der Waals surface area contributed by atoms with Gasteiger partial charge < -0.3 is 19.5 Å². The number of hydrogen-bond acceptors (Lipinski definition) is 5. The fourth-order valence-corrected chi connectivity index (χ4v) is 2.01. The molecule has 2 aromatic rings. The Balaban J connectivity index is 1.98. The molecule has 0 radical (unpaired) electrons. The molecule has 0 bridgehead atoms. The van der Waals surface area contributed by atoms with Crippen molar-refractivity contribution in [3.05, 3.63) is 53.7 Å². The van der Waals surface area contributed by atoms with Crippen molar-refractivity contribution in [2.75, 3.05) is 20.3 Å². The Labute approximate surface area is 143 Å². The molecule has 0 aliphatic carbocycles. The molecule has 6 nitrogen and oxygen atoms in total. The van der Waals surface area contributed by atoms with E-state index in [0.29, 0.717) is 12.2 Å². The lowest BCUT2D eigenvalue weighted by molar-refractivity contribution is -0.0498. The van der Waals surface area contributed by atoms with Gasteiger partial charge in [0.05, 0.1) is 6.61 Å². The summed E-state index contributed by atoms with van der Waals surface area (Å²) in [6.45, 7) is -2.12. The Morgan fingerprint density at radius 1 is 1.24 bits per heavy atom. The van der Waals surface area contributed by atoms with Gasteiger partial charge in [0.2, 0.25) is 5.88 Å². The second-order valence-electron chi connectivity index (χ2n) is 4.91. The molecule has 1 aromatic carbocycles. The number of amides is 1. The highest BCUT2D eigenvalue weighted by Crippen LogP contribution is 2.17. The molecule has 1 heterocycles. The van der Waals surface area contributed by atoms with Crippen LogP contribution in [0.3, 0.4) is 0 Å². The van der Waals surface area contributed by atoms with Gasteiger partial charge in [-0.25, -0.2) is 4.98 Å². The summed E-state index contributed by atoms with van der Waals surface area (Å²) in [7, 11) is 1.54. The van der Waals surface area contributed by atoms with Crippen LogP contribution >= 0.6 is 0 Å². The summed E-state index contributed by atoms with van der Waals surface area (Å²) in [5.74, 6) is -0.153. The molecule has 1 amide bonds. The monoisotopic (exact) mass is 352 g/mol. The minimum Gasteiger partial charge on any atom is -0.475 e. The zero-order valence-corrected chi connectivity index (χ0v) is 13.6. The number of nitrogens with one attached hydrogen (secondary N) is 1. The van der Waals surface area contributed by atoms with Crippen LogP contribution in [0.2, 0.25) is 0 Å². The van der Waals surface area contributed by atoms with Crippen LogP contribution in [0.5, 0.6) is 11.6 Å². The Hall–Kier alpha value is -2.74. The van der Waals surface area contributed by atoms with Gasteiger partial charge in [-0.3, -0.25) is 4.79 Å². The summed E-state index contributed by atoms with van der Waals surface area (Å²) in [4.78, 5) is 16.4. The van der Waals surface area contributed by atoms with E-state index >= 15 is 0 Å². The maximum Gasteiger partial charge on any atom is 0.387 e. The number of hydrogen-bond donors (Lipinski definition) is 1. The second-order valence-corrected chi connectivity index (χ2v) is 4.91. The van der Waals surface area contributed by atoms with Crippen molar-refractivity contribution in [3.63, 3.8) is 0 Å². The van der Waals surface area contributed by atoms with Crippen molar-refractivity contribution < 1.29 is 27.8 Å². The van der Waals surface area contributed by atoms with Gasteiger partial charge in [-0.05, 0) is 29.8 Å². The summed E-state index contributed by atoms with van der Waals surface area (Å²) < 4.78 is 39.1. The molecule has 1 aromatic heterocycles.